The summed E-state index contributed by atoms with van der Waals surface area (Å²) in [6.45, 7) is 1.99. The van der Waals surface area contributed by atoms with Crippen LogP contribution in [0.25, 0.3) is 6.08 Å². The van der Waals surface area contributed by atoms with Gasteiger partial charge >= 0.3 is 0 Å². The number of amides is 2. The summed E-state index contributed by atoms with van der Waals surface area (Å²) in [4.78, 5) is 24.5. The molecule has 0 saturated carbocycles. The standard InChI is InChI=1S/C17H13BrN2O2/c1-11-2-4-12(5-3-11)10-15-16(21)19-20(17(15)22)14-8-6-13(18)7-9-14/h2-10H,1H3,(H,19,21)/b15-10+. The average Bonchev–Trinajstić information content (AvgIpc) is 2.78. The summed E-state index contributed by atoms with van der Waals surface area (Å²) < 4.78 is 0.907. The van der Waals surface area contributed by atoms with Crippen LogP contribution in [-0.4, -0.2) is 11.8 Å². The first-order valence-electron chi connectivity index (χ1n) is 6.74. The largest absolute Gasteiger partial charge is 0.282 e. The van der Waals surface area contributed by atoms with Crippen molar-refractivity contribution in [1.29, 1.82) is 0 Å². The fourth-order valence-electron chi connectivity index (χ4n) is 2.16. The zero-order valence-corrected chi connectivity index (χ0v) is 13.4. The number of halogens is 1. The molecule has 0 aromatic heterocycles. The van der Waals surface area contributed by atoms with Crippen molar-refractivity contribution in [3.05, 3.63) is 69.7 Å². The molecule has 0 spiro atoms. The predicted octanol–water partition coefficient (Wildman–Crippen LogP) is 3.22. The zero-order chi connectivity index (χ0) is 15.7. The van der Waals surface area contributed by atoms with Crippen molar-refractivity contribution < 1.29 is 9.59 Å². The fourth-order valence-corrected chi connectivity index (χ4v) is 2.42. The highest BCUT2D eigenvalue weighted by Gasteiger charge is 2.34. The Hall–Kier alpha value is -2.40. The molecule has 1 N–H and O–H groups in total. The quantitative estimate of drug-likeness (QED) is 0.663. The topological polar surface area (TPSA) is 49.4 Å². The number of anilines is 1. The molecule has 0 radical (unpaired) electrons. The van der Waals surface area contributed by atoms with E-state index < -0.39 is 5.91 Å². The number of carbonyl (C=O) groups is 2. The normalized spacial score (nSPS) is 16.3. The monoisotopic (exact) mass is 356 g/mol. The summed E-state index contributed by atoms with van der Waals surface area (Å²) in [6.07, 6.45) is 1.61. The maximum absolute atomic E-state index is 12.4. The van der Waals surface area contributed by atoms with Gasteiger partial charge in [0.05, 0.1) is 5.69 Å². The van der Waals surface area contributed by atoms with Crippen LogP contribution in [0.4, 0.5) is 5.69 Å². The highest BCUT2D eigenvalue weighted by molar-refractivity contribution is 9.10. The van der Waals surface area contributed by atoms with E-state index in [4.69, 9.17) is 0 Å². The molecule has 5 heteroatoms. The smallest absolute Gasteiger partial charge is 0.267 e. The molecule has 2 amide bonds. The lowest BCUT2D eigenvalue weighted by Crippen LogP contribution is -2.35. The van der Waals surface area contributed by atoms with Crippen molar-refractivity contribution in [3.63, 3.8) is 0 Å². The number of rotatable bonds is 2. The van der Waals surface area contributed by atoms with Crippen LogP contribution in [0, 0.1) is 6.92 Å². The second-order valence-corrected chi connectivity index (χ2v) is 5.94. The average molecular weight is 357 g/mol. The number of hydrogen-bond acceptors (Lipinski definition) is 2. The van der Waals surface area contributed by atoms with Crippen LogP contribution in [0.3, 0.4) is 0 Å². The van der Waals surface area contributed by atoms with E-state index in [1.54, 1.807) is 18.2 Å². The van der Waals surface area contributed by atoms with Crippen molar-refractivity contribution in [2.24, 2.45) is 0 Å². The SMILES string of the molecule is Cc1ccc(/C=C2\C(=O)NN(c3ccc(Br)cc3)C2=O)cc1. The highest BCUT2D eigenvalue weighted by atomic mass is 79.9. The van der Waals surface area contributed by atoms with Crippen LogP contribution >= 0.6 is 15.9 Å². The van der Waals surface area contributed by atoms with E-state index in [9.17, 15) is 9.59 Å². The van der Waals surface area contributed by atoms with Crippen LogP contribution in [0.1, 0.15) is 11.1 Å². The second kappa shape index (κ2) is 5.77. The van der Waals surface area contributed by atoms with Gasteiger partial charge in [0.2, 0.25) is 0 Å². The van der Waals surface area contributed by atoms with E-state index in [0.29, 0.717) is 5.69 Å². The maximum Gasteiger partial charge on any atom is 0.282 e. The summed E-state index contributed by atoms with van der Waals surface area (Å²) in [5.74, 6) is -0.749. The van der Waals surface area contributed by atoms with Crippen molar-refractivity contribution >= 4 is 39.5 Å². The van der Waals surface area contributed by atoms with Gasteiger partial charge in [-0.2, -0.15) is 0 Å². The summed E-state index contributed by atoms with van der Waals surface area (Å²) in [6, 6.07) is 14.8. The molecule has 1 aliphatic rings. The van der Waals surface area contributed by atoms with Crippen LogP contribution < -0.4 is 10.4 Å². The van der Waals surface area contributed by atoms with E-state index in [2.05, 4.69) is 21.4 Å². The molecule has 22 heavy (non-hydrogen) atoms. The maximum atomic E-state index is 12.4. The molecule has 1 aliphatic heterocycles. The lowest BCUT2D eigenvalue weighted by molar-refractivity contribution is -0.117. The molecule has 2 aromatic rings. The first kappa shape index (κ1) is 14.5. The van der Waals surface area contributed by atoms with E-state index >= 15 is 0 Å². The van der Waals surface area contributed by atoms with Gasteiger partial charge in [-0.05, 0) is 42.8 Å². The van der Waals surface area contributed by atoms with Gasteiger partial charge in [-0.25, -0.2) is 5.01 Å². The molecule has 110 valence electrons. The summed E-state index contributed by atoms with van der Waals surface area (Å²) in [5, 5.41) is 1.26. The van der Waals surface area contributed by atoms with Crippen LogP contribution in [0.15, 0.2) is 58.6 Å². The van der Waals surface area contributed by atoms with Gasteiger partial charge in [-0.1, -0.05) is 45.8 Å². The Balaban J connectivity index is 1.91. The Bertz CT molecular complexity index is 764. The Labute approximate surface area is 136 Å². The first-order valence-corrected chi connectivity index (χ1v) is 7.53. The Morgan fingerprint density at radius 3 is 2.27 bits per heavy atom. The molecule has 3 rings (SSSR count). The van der Waals surface area contributed by atoms with Crippen LogP contribution in [-0.2, 0) is 9.59 Å². The van der Waals surface area contributed by atoms with E-state index in [-0.39, 0.29) is 11.5 Å². The highest BCUT2D eigenvalue weighted by Crippen LogP contribution is 2.23. The van der Waals surface area contributed by atoms with Crippen molar-refractivity contribution in [2.75, 3.05) is 5.01 Å². The van der Waals surface area contributed by atoms with Crippen LogP contribution in [0.5, 0.6) is 0 Å². The molecule has 4 nitrogen and oxygen atoms in total. The van der Waals surface area contributed by atoms with Gasteiger partial charge in [0.15, 0.2) is 0 Å². The van der Waals surface area contributed by atoms with E-state index in [1.807, 2.05) is 43.3 Å². The number of hydrogen-bond donors (Lipinski definition) is 1. The van der Waals surface area contributed by atoms with Crippen molar-refractivity contribution in [1.82, 2.24) is 5.43 Å². The summed E-state index contributed by atoms with van der Waals surface area (Å²) in [7, 11) is 0. The zero-order valence-electron chi connectivity index (χ0n) is 11.8. The Morgan fingerprint density at radius 1 is 1.00 bits per heavy atom. The lowest BCUT2D eigenvalue weighted by atomic mass is 10.1. The van der Waals surface area contributed by atoms with Gasteiger partial charge in [0, 0.05) is 4.47 Å². The summed E-state index contributed by atoms with van der Waals surface area (Å²) >= 11 is 3.34. The molecule has 1 heterocycles. The van der Waals surface area contributed by atoms with E-state index in [0.717, 1.165) is 15.6 Å². The van der Waals surface area contributed by atoms with Crippen LogP contribution in [0.2, 0.25) is 0 Å². The number of hydrazine groups is 1. The second-order valence-electron chi connectivity index (χ2n) is 5.03. The third-order valence-corrected chi connectivity index (χ3v) is 3.89. The molecule has 0 bridgehead atoms. The molecule has 1 saturated heterocycles. The number of nitrogens with one attached hydrogen (secondary N) is 1. The molecule has 2 aromatic carbocycles. The predicted molar refractivity (Wildman–Crippen MR) is 88.9 cm³/mol. The number of benzene rings is 2. The molecule has 0 unspecified atom stereocenters. The molecule has 0 atom stereocenters. The van der Waals surface area contributed by atoms with Crippen molar-refractivity contribution in [3.8, 4) is 0 Å². The minimum Gasteiger partial charge on any atom is -0.267 e. The number of aryl methyl sites for hydroxylation is 1. The number of nitrogens with zero attached hydrogens (tertiary/aromatic N) is 1. The van der Waals surface area contributed by atoms with Gasteiger partial charge in [-0.3, -0.25) is 15.0 Å². The van der Waals surface area contributed by atoms with Gasteiger partial charge < -0.3 is 0 Å². The minimum atomic E-state index is -0.395. The van der Waals surface area contributed by atoms with Gasteiger partial charge in [0.25, 0.3) is 11.8 Å². The first-order chi connectivity index (χ1) is 10.5. The van der Waals surface area contributed by atoms with Crippen molar-refractivity contribution in [2.45, 2.75) is 6.92 Å². The molecule has 0 aliphatic carbocycles. The molecular formula is C17H13BrN2O2. The molecular weight excluding hydrogens is 344 g/mol. The third kappa shape index (κ3) is 2.80. The van der Waals surface area contributed by atoms with Gasteiger partial charge in [-0.15, -0.1) is 0 Å². The lowest BCUT2D eigenvalue weighted by Gasteiger charge is -2.14. The van der Waals surface area contributed by atoms with E-state index in [1.165, 1.54) is 5.01 Å². The fraction of sp³-hybridized carbons (Fsp3) is 0.0588. The van der Waals surface area contributed by atoms with Gasteiger partial charge in [0.1, 0.15) is 5.57 Å². The Morgan fingerprint density at radius 2 is 1.64 bits per heavy atom. The third-order valence-electron chi connectivity index (χ3n) is 3.36. The minimum absolute atomic E-state index is 0.131. The summed E-state index contributed by atoms with van der Waals surface area (Å²) in [5.41, 5.74) is 5.28. The Kier molecular flexibility index (Phi) is 3.81. The molecule has 1 fully saturated rings. The number of carbonyl (C=O) groups excluding carboxylic acids is 2.